The van der Waals surface area contributed by atoms with Crippen LogP contribution in [0.5, 0.6) is 0 Å². The average molecular weight is 192 g/mol. The van der Waals surface area contributed by atoms with E-state index in [4.69, 9.17) is 0 Å². The van der Waals surface area contributed by atoms with Gasteiger partial charge < -0.3 is 0 Å². The highest BCUT2D eigenvalue weighted by Crippen LogP contribution is 2.44. The van der Waals surface area contributed by atoms with Crippen molar-refractivity contribution in [1.29, 1.82) is 0 Å². The van der Waals surface area contributed by atoms with Crippen molar-refractivity contribution in [2.24, 2.45) is 17.8 Å². The Morgan fingerprint density at radius 2 is 1.71 bits per heavy atom. The third kappa shape index (κ3) is 1.94. The summed E-state index contributed by atoms with van der Waals surface area (Å²) in [6.45, 7) is 15.4. The van der Waals surface area contributed by atoms with Crippen molar-refractivity contribution in [3.05, 3.63) is 24.3 Å². The van der Waals surface area contributed by atoms with Gasteiger partial charge in [-0.2, -0.15) is 0 Å². The molecule has 0 bridgehead atoms. The molecule has 0 aromatic carbocycles. The van der Waals surface area contributed by atoms with Crippen molar-refractivity contribution in [3.8, 4) is 0 Å². The Labute approximate surface area is 89.1 Å². The highest BCUT2D eigenvalue weighted by atomic mass is 14.4. The van der Waals surface area contributed by atoms with Crippen molar-refractivity contribution >= 4 is 0 Å². The maximum absolute atomic E-state index is 4.31. The minimum Gasteiger partial charge on any atom is -0.0992 e. The quantitative estimate of drug-likeness (QED) is 0.574. The Balaban J connectivity index is 2.83. The van der Waals surface area contributed by atoms with Crippen LogP contribution in [0.2, 0.25) is 0 Å². The summed E-state index contributed by atoms with van der Waals surface area (Å²) in [6.07, 6.45) is 4.94. The highest BCUT2D eigenvalue weighted by molar-refractivity contribution is 5.24. The van der Waals surface area contributed by atoms with E-state index >= 15 is 0 Å². The fourth-order valence-corrected chi connectivity index (χ4v) is 3.02. The lowest BCUT2D eigenvalue weighted by molar-refractivity contribution is 0.292. The number of allylic oxidation sites excluding steroid dienone is 2. The molecule has 0 spiro atoms. The van der Waals surface area contributed by atoms with E-state index in [2.05, 4.69) is 33.9 Å². The van der Waals surface area contributed by atoms with Crippen molar-refractivity contribution in [2.75, 3.05) is 0 Å². The van der Waals surface area contributed by atoms with Gasteiger partial charge in [0.25, 0.3) is 0 Å². The molecule has 1 fully saturated rings. The molecule has 1 rings (SSSR count). The van der Waals surface area contributed by atoms with Crippen LogP contribution < -0.4 is 0 Å². The lowest BCUT2D eigenvalue weighted by Crippen LogP contribution is -2.27. The topological polar surface area (TPSA) is 0 Å². The Morgan fingerprint density at radius 1 is 1.07 bits per heavy atom. The van der Waals surface area contributed by atoms with Crippen LogP contribution in [0.3, 0.4) is 0 Å². The van der Waals surface area contributed by atoms with Gasteiger partial charge >= 0.3 is 0 Å². The van der Waals surface area contributed by atoms with Gasteiger partial charge in [0.15, 0.2) is 0 Å². The summed E-state index contributed by atoms with van der Waals surface area (Å²) < 4.78 is 0. The zero-order valence-electron chi connectivity index (χ0n) is 9.97. The maximum Gasteiger partial charge on any atom is 0.000190 e. The molecule has 0 amide bonds. The average Bonchev–Trinajstić information content (AvgIpc) is 2.17. The van der Waals surface area contributed by atoms with E-state index in [1.807, 2.05) is 0 Å². The monoisotopic (exact) mass is 192 g/mol. The van der Waals surface area contributed by atoms with Crippen LogP contribution in [0.1, 0.15) is 46.5 Å². The molecular weight excluding hydrogens is 168 g/mol. The molecule has 3 unspecified atom stereocenters. The minimum absolute atomic E-state index is 0.600. The molecule has 0 aromatic heterocycles. The molecule has 80 valence electrons. The van der Waals surface area contributed by atoms with Crippen molar-refractivity contribution < 1.29 is 0 Å². The molecular formula is C14H24. The normalized spacial score (nSPS) is 33.5. The third-order valence-corrected chi connectivity index (χ3v) is 3.88. The molecule has 0 heteroatoms. The van der Waals surface area contributed by atoms with Crippen molar-refractivity contribution in [3.63, 3.8) is 0 Å². The Hall–Kier alpha value is -0.520. The Bertz CT molecular complexity index is 224. The van der Waals surface area contributed by atoms with E-state index in [0.717, 1.165) is 11.8 Å². The van der Waals surface area contributed by atoms with Gasteiger partial charge in [-0.15, -0.1) is 0 Å². The van der Waals surface area contributed by atoms with Gasteiger partial charge in [0.05, 0.1) is 0 Å². The second-order valence-electron chi connectivity index (χ2n) is 4.58. The first-order chi connectivity index (χ1) is 6.65. The molecule has 14 heavy (non-hydrogen) atoms. The van der Waals surface area contributed by atoms with Crippen LogP contribution >= 0.6 is 0 Å². The maximum atomic E-state index is 4.31. The summed E-state index contributed by atoms with van der Waals surface area (Å²) in [4.78, 5) is 0. The van der Waals surface area contributed by atoms with E-state index in [1.54, 1.807) is 0 Å². The van der Waals surface area contributed by atoms with Crippen LogP contribution in [0.15, 0.2) is 24.3 Å². The van der Waals surface area contributed by atoms with Gasteiger partial charge in [-0.1, -0.05) is 51.5 Å². The van der Waals surface area contributed by atoms with E-state index in [-0.39, 0.29) is 0 Å². The zero-order chi connectivity index (χ0) is 10.7. The van der Waals surface area contributed by atoms with Gasteiger partial charge in [0, 0.05) is 5.92 Å². The van der Waals surface area contributed by atoms with Crippen LogP contribution in [-0.4, -0.2) is 0 Å². The zero-order valence-corrected chi connectivity index (χ0v) is 9.97. The first-order valence-corrected chi connectivity index (χ1v) is 6.01. The van der Waals surface area contributed by atoms with Crippen LogP contribution in [-0.2, 0) is 0 Å². The first-order valence-electron chi connectivity index (χ1n) is 6.01. The summed E-state index contributed by atoms with van der Waals surface area (Å²) in [7, 11) is 0. The summed E-state index contributed by atoms with van der Waals surface area (Å²) in [5.74, 6) is 2.15. The van der Waals surface area contributed by atoms with Crippen molar-refractivity contribution in [2.45, 2.75) is 46.5 Å². The lowest BCUT2D eigenvalue weighted by Gasteiger charge is -2.39. The second-order valence-corrected chi connectivity index (χ2v) is 4.58. The molecule has 1 aliphatic carbocycles. The van der Waals surface area contributed by atoms with E-state index in [0.29, 0.717) is 5.92 Å². The first kappa shape index (κ1) is 11.6. The molecule has 0 aromatic rings. The predicted octanol–water partition coefficient (Wildman–Crippen LogP) is 4.58. The Kier molecular flexibility index (Phi) is 3.97. The van der Waals surface area contributed by atoms with Crippen molar-refractivity contribution in [1.82, 2.24) is 0 Å². The molecule has 0 saturated heterocycles. The fourth-order valence-electron chi connectivity index (χ4n) is 3.02. The van der Waals surface area contributed by atoms with Gasteiger partial charge in [0.2, 0.25) is 0 Å². The SMILES string of the molecule is C=C1CC(CC)C(CC)C(=C)C1CC. The molecule has 0 aliphatic heterocycles. The molecule has 0 N–H and O–H groups in total. The third-order valence-electron chi connectivity index (χ3n) is 3.88. The fraction of sp³-hybridized carbons (Fsp3) is 0.714. The molecule has 1 aliphatic rings. The molecule has 0 radical (unpaired) electrons. The second kappa shape index (κ2) is 4.82. The van der Waals surface area contributed by atoms with Gasteiger partial charge in [-0.25, -0.2) is 0 Å². The predicted molar refractivity (Wildman–Crippen MR) is 64.2 cm³/mol. The number of hydrogen-bond acceptors (Lipinski definition) is 0. The van der Waals surface area contributed by atoms with E-state index < -0.39 is 0 Å². The smallest absolute Gasteiger partial charge is 0.000190 e. The highest BCUT2D eigenvalue weighted by Gasteiger charge is 2.32. The number of rotatable bonds is 3. The number of hydrogen-bond donors (Lipinski definition) is 0. The van der Waals surface area contributed by atoms with Gasteiger partial charge in [0.1, 0.15) is 0 Å². The summed E-state index contributed by atoms with van der Waals surface area (Å²) in [6, 6.07) is 0. The Morgan fingerprint density at radius 3 is 2.14 bits per heavy atom. The minimum atomic E-state index is 0.600. The summed E-state index contributed by atoms with van der Waals surface area (Å²) >= 11 is 0. The van der Waals surface area contributed by atoms with Crippen LogP contribution in [0.25, 0.3) is 0 Å². The summed E-state index contributed by atoms with van der Waals surface area (Å²) in [5.41, 5.74) is 2.88. The molecule has 0 nitrogen and oxygen atoms in total. The largest absolute Gasteiger partial charge is 0.0992 e. The van der Waals surface area contributed by atoms with E-state index in [1.165, 1.54) is 36.8 Å². The lowest BCUT2D eigenvalue weighted by atomic mass is 9.66. The van der Waals surface area contributed by atoms with Crippen LogP contribution in [0, 0.1) is 17.8 Å². The summed E-state index contributed by atoms with van der Waals surface area (Å²) in [5, 5.41) is 0. The van der Waals surface area contributed by atoms with Crippen LogP contribution in [0.4, 0.5) is 0 Å². The van der Waals surface area contributed by atoms with E-state index in [9.17, 15) is 0 Å². The molecule has 0 heterocycles. The van der Waals surface area contributed by atoms with Gasteiger partial charge in [-0.3, -0.25) is 0 Å². The molecule has 1 saturated carbocycles. The molecule has 3 atom stereocenters. The standard InChI is InChI=1S/C14H24/c1-6-12-9-10(4)13(7-2)11(5)14(12)8-3/h12-14H,4-9H2,1-3H3. The van der Waals surface area contributed by atoms with Gasteiger partial charge in [-0.05, 0) is 31.1 Å².